The van der Waals surface area contributed by atoms with E-state index in [1.54, 1.807) is 12.3 Å². The Kier molecular flexibility index (Phi) is 2.83. The van der Waals surface area contributed by atoms with Crippen LogP contribution in [0.2, 0.25) is 0 Å². The van der Waals surface area contributed by atoms with Crippen LogP contribution in [0.3, 0.4) is 0 Å². The summed E-state index contributed by atoms with van der Waals surface area (Å²) in [6.07, 6.45) is 0.794. The van der Waals surface area contributed by atoms with Crippen molar-refractivity contribution in [3.05, 3.63) is 18.1 Å². The molecule has 1 fully saturated rings. The van der Waals surface area contributed by atoms with Crippen molar-refractivity contribution in [3.8, 4) is 0 Å². The highest BCUT2D eigenvalue weighted by Crippen LogP contribution is 2.33. The predicted molar refractivity (Wildman–Crippen MR) is 57.8 cm³/mol. The van der Waals surface area contributed by atoms with Gasteiger partial charge < -0.3 is 9.52 Å². The van der Waals surface area contributed by atoms with Gasteiger partial charge in [-0.3, -0.25) is 0 Å². The van der Waals surface area contributed by atoms with Crippen LogP contribution < -0.4 is 0 Å². The van der Waals surface area contributed by atoms with Crippen molar-refractivity contribution in [2.24, 2.45) is 0 Å². The molecule has 2 heterocycles. The molecule has 0 aromatic carbocycles. The SMILES string of the molecule is Cc1occc1SC1CS(=O)(=O)CC1O. The summed E-state index contributed by atoms with van der Waals surface area (Å²) in [6, 6.07) is 1.79. The van der Waals surface area contributed by atoms with Crippen LogP contribution in [0.25, 0.3) is 0 Å². The number of aliphatic hydroxyl groups is 1. The minimum absolute atomic E-state index is 0.0451. The van der Waals surface area contributed by atoms with E-state index in [-0.39, 0.29) is 16.8 Å². The Labute approximate surface area is 92.6 Å². The van der Waals surface area contributed by atoms with Crippen LogP contribution in [0, 0.1) is 6.92 Å². The van der Waals surface area contributed by atoms with Crippen LogP contribution in [-0.2, 0) is 9.84 Å². The van der Waals surface area contributed by atoms with Gasteiger partial charge in [0, 0.05) is 4.90 Å². The van der Waals surface area contributed by atoms with Crippen molar-refractivity contribution in [2.45, 2.75) is 23.2 Å². The Balaban J connectivity index is 2.11. The topological polar surface area (TPSA) is 67.5 Å². The molecular formula is C9H12O4S2. The van der Waals surface area contributed by atoms with Gasteiger partial charge in [0.25, 0.3) is 0 Å². The van der Waals surface area contributed by atoms with Crippen LogP contribution in [-0.4, -0.2) is 36.4 Å². The highest BCUT2D eigenvalue weighted by atomic mass is 32.2. The second kappa shape index (κ2) is 3.84. The summed E-state index contributed by atoms with van der Waals surface area (Å²) in [4.78, 5) is 0.899. The highest BCUT2D eigenvalue weighted by molar-refractivity contribution is 8.02. The van der Waals surface area contributed by atoms with Crippen LogP contribution >= 0.6 is 11.8 Å². The van der Waals surface area contributed by atoms with Crippen molar-refractivity contribution >= 4 is 21.6 Å². The number of aryl methyl sites for hydroxylation is 1. The van der Waals surface area contributed by atoms with Gasteiger partial charge in [0.15, 0.2) is 9.84 Å². The maximum atomic E-state index is 11.3. The van der Waals surface area contributed by atoms with E-state index in [9.17, 15) is 13.5 Å². The summed E-state index contributed by atoms with van der Waals surface area (Å²) < 4.78 is 27.6. The van der Waals surface area contributed by atoms with Crippen LogP contribution in [0.15, 0.2) is 21.6 Å². The van der Waals surface area contributed by atoms with Crippen LogP contribution in [0.5, 0.6) is 0 Å². The Morgan fingerprint density at radius 2 is 2.27 bits per heavy atom. The summed E-state index contributed by atoms with van der Waals surface area (Å²) >= 11 is 1.37. The first-order valence-corrected chi connectivity index (χ1v) is 7.27. The molecule has 1 aliphatic heterocycles. The molecule has 0 aliphatic carbocycles. The van der Waals surface area contributed by atoms with E-state index in [1.807, 2.05) is 6.92 Å². The second-order valence-corrected chi connectivity index (χ2v) is 7.08. The Morgan fingerprint density at radius 3 is 2.73 bits per heavy atom. The van der Waals surface area contributed by atoms with E-state index in [0.717, 1.165) is 10.7 Å². The molecule has 1 N–H and O–H groups in total. The molecule has 1 aliphatic rings. The smallest absolute Gasteiger partial charge is 0.154 e. The largest absolute Gasteiger partial charge is 0.468 e. The zero-order chi connectivity index (χ0) is 11.1. The lowest BCUT2D eigenvalue weighted by molar-refractivity contribution is 0.207. The van der Waals surface area contributed by atoms with Gasteiger partial charge in [0.1, 0.15) is 5.76 Å². The number of aliphatic hydroxyl groups excluding tert-OH is 1. The minimum atomic E-state index is -3.06. The fourth-order valence-corrected chi connectivity index (χ4v) is 5.12. The summed E-state index contributed by atoms with van der Waals surface area (Å²) in [7, 11) is -3.06. The zero-order valence-corrected chi connectivity index (χ0v) is 9.85. The van der Waals surface area contributed by atoms with E-state index in [1.165, 1.54) is 11.8 Å². The number of furan rings is 1. The molecule has 1 saturated heterocycles. The molecule has 0 bridgehead atoms. The van der Waals surface area contributed by atoms with Gasteiger partial charge in [-0.1, -0.05) is 0 Å². The van der Waals surface area contributed by atoms with Gasteiger partial charge in [-0.15, -0.1) is 11.8 Å². The molecule has 84 valence electrons. The average molecular weight is 248 g/mol. The van der Waals surface area contributed by atoms with Crippen molar-refractivity contribution < 1.29 is 17.9 Å². The van der Waals surface area contributed by atoms with Gasteiger partial charge in [-0.05, 0) is 13.0 Å². The molecular weight excluding hydrogens is 236 g/mol. The van der Waals surface area contributed by atoms with Crippen molar-refractivity contribution in [1.82, 2.24) is 0 Å². The second-order valence-electron chi connectivity index (χ2n) is 3.64. The summed E-state index contributed by atoms with van der Waals surface area (Å²) in [5.74, 6) is 0.682. The third kappa shape index (κ3) is 2.38. The first kappa shape index (κ1) is 11.0. The van der Waals surface area contributed by atoms with E-state index in [2.05, 4.69) is 0 Å². The molecule has 1 aromatic rings. The Hall–Kier alpha value is -0.460. The van der Waals surface area contributed by atoms with E-state index >= 15 is 0 Å². The molecule has 6 heteroatoms. The van der Waals surface area contributed by atoms with Crippen molar-refractivity contribution in [3.63, 3.8) is 0 Å². The first-order valence-electron chi connectivity index (χ1n) is 4.57. The molecule has 1 aromatic heterocycles. The van der Waals surface area contributed by atoms with E-state index < -0.39 is 15.9 Å². The van der Waals surface area contributed by atoms with Crippen LogP contribution in [0.4, 0.5) is 0 Å². The number of rotatable bonds is 2. The normalized spacial score (nSPS) is 29.5. The molecule has 0 amide bonds. The van der Waals surface area contributed by atoms with Gasteiger partial charge in [0.2, 0.25) is 0 Å². The molecule has 0 saturated carbocycles. The maximum absolute atomic E-state index is 11.3. The molecule has 2 rings (SSSR count). The fourth-order valence-electron chi connectivity index (χ4n) is 1.57. The average Bonchev–Trinajstić information content (AvgIpc) is 2.59. The first-order chi connectivity index (χ1) is 6.98. The Bertz CT molecular complexity index is 448. The molecule has 2 unspecified atom stereocenters. The van der Waals surface area contributed by atoms with Gasteiger partial charge in [0.05, 0.1) is 29.1 Å². The molecule has 0 spiro atoms. The molecule has 15 heavy (non-hydrogen) atoms. The van der Waals surface area contributed by atoms with Crippen LogP contribution in [0.1, 0.15) is 5.76 Å². The lowest BCUT2D eigenvalue weighted by Crippen LogP contribution is -2.19. The zero-order valence-electron chi connectivity index (χ0n) is 8.21. The third-order valence-electron chi connectivity index (χ3n) is 2.36. The predicted octanol–water partition coefficient (Wildman–Crippen LogP) is 0.838. The van der Waals surface area contributed by atoms with E-state index in [4.69, 9.17) is 4.42 Å². The summed E-state index contributed by atoms with van der Waals surface area (Å²) in [6.45, 7) is 1.82. The number of hydrogen-bond donors (Lipinski definition) is 1. The van der Waals surface area contributed by atoms with Gasteiger partial charge >= 0.3 is 0 Å². The lowest BCUT2D eigenvalue weighted by atomic mass is 10.3. The minimum Gasteiger partial charge on any atom is -0.468 e. The molecule has 2 atom stereocenters. The van der Waals surface area contributed by atoms with Crippen molar-refractivity contribution in [2.75, 3.05) is 11.5 Å². The maximum Gasteiger partial charge on any atom is 0.154 e. The Morgan fingerprint density at radius 1 is 1.53 bits per heavy atom. The summed E-state index contributed by atoms with van der Waals surface area (Å²) in [5.41, 5.74) is 0. The fraction of sp³-hybridized carbons (Fsp3) is 0.556. The van der Waals surface area contributed by atoms with Gasteiger partial charge in [-0.25, -0.2) is 8.42 Å². The highest BCUT2D eigenvalue weighted by Gasteiger charge is 2.37. The third-order valence-corrected chi connectivity index (χ3v) is 5.75. The quantitative estimate of drug-likeness (QED) is 0.840. The number of hydrogen-bond acceptors (Lipinski definition) is 5. The van der Waals surface area contributed by atoms with Gasteiger partial charge in [-0.2, -0.15) is 0 Å². The monoisotopic (exact) mass is 248 g/mol. The summed E-state index contributed by atoms with van der Waals surface area (Å²) in [5, 5.41) is 9.31. The lowest BCUT2D eigenvalue weighted by Gasteiger charge is -2.10. The molecule has 0 radical (unpaired) electrons. The standard InChI is InChI=1S/C9H12O4S2/c1-6-8(2-3-13-6)14-9-5-15(11,12)4-7(9)10/h2-3,7,9-10H,4-5H2,1H3. The number of thioether (sulfide) groups is 1. The van der Waals surface area contributed by atoms with E-state index in [0.29, 0.717) is 0 Å². The number of sulfone groups is 1. The van der Waals surface area contributed by atoms with Crippen molar-refractivity contribution in [1.29, 1.82) is 0 Å². The molecule has 4 nitrogen and oxygen atoms in total.